The van der Waals surface area contributed by atoms with E-state index in [1.807, 2.05) is 60.7 Å². The molecule has 1 aliphatic rings. The van der Waals surface area contributed by atoms with E-state index in [2.05, 4.69) is 11.6 Å². The summed E-state index contributed by atoms with van der Waals surface area (Å²) in [5.41, 5.74) is 5.67. The number of carbonyl (C=O) groups is 1. The van der Waals surface area contributed by atoms with E-state index in [4.69, 9.17) is 24.7 Å². The number of nitrogen functional groups attached to an aromatic ring is 1. The number of esters is 1. The van der Waals surface area contributed by atoms with Crippen LogP contribution in [0.3, 0.4) is 0 Å². The Kier molecular flexibility index (Phi) is 7.94. The highest BCUT2D eigenvalue weighted by atomic mass is 16.6. The number of hydrogen-bond donors (Lipinski definition) is 1. The molecule has 4 atom stereocenters. The maximum absolute atomic E-state index is 12.7. The lowest BCUT2D eigenvalue weighted by molar-refractivity contribution is -0.158. The Balaban J connectivity index is 1.68. The quantitative estimate of drug-likeness (QED) is 0.340. The first-order valence-corrected chi connectivity index (χ1v) is 11.5. The molecule has 1 saturated heterocycles. The number of carbonyl (C=O) groups excluding carboxylic acids is 1. The molecule has 0 radical (unpaired) electrons. The van der Waals surface area contributed by atoms with E-state index in [0.29, 0.717) is 6.61 Å². The van der Waals surface area contributed by atoms with Crippen molar-refractivity contribution in [3.05, 3.63) is 107 Å². The molecule has 2 aromatic carbocycles. The summed E-state index contributed by atoms with van der Waals surface area (Å²) in [5.74, 6) is -0.486. The van der Waals surface area contributed by atoms with Crippen LogP contribution in [0.4, 0.5) is 5.82 Å². The molecular weight excluding hydrogens is 462 g/mol. The molecule has 0 aliphatic carbocycles. The molecule has 9 heteroatoms. The Labute approximate surface area is 209 Å². The molecule has 1 aliphatic heterocycles. The molecule has 3 aromatic rings. The minimum absolute atomic E-state index is 0.0380. The van der Waals surface area contributed by atoms with Gasteiger partial charge in [0, 0.05) is 13.1 Å². The lowest BCUT2D eigenvalue weighted by Gasteiger charge is -2.32. The Bertz CT molecular complexity index is 1230. The summed E-state index contributed by atoms with van der Waals surface area (Å²) in [5, 5.41) is 0. The summed E-state index contributed by atoms with van der Waals surface area (Å²) < 4.78 is 25.6. The Morgan fingerprint density at radius 1 is 1.11 bits per heavy atom. The number of nitrogens with two attached hydrogens (primary N) is 1. The molecule has 1 fully saturated rings. The van der Waals surface area contributed by atoms with Crippen LogP contribution in [0.2, 0.25) is 0 Å². The monoisotopic (exact) mass is 491 g/mol. The van der Waals surface area contributed by atoms with Gasteiger partial charge in [-0.3, -0.25) is 9.36 Å². The van der Waals surface area contributed by atoms with E-state index in [9.17, 15) is 9.59 Å². The van der Waals surface area contributed by atoms with E-state index in [1.165, 1.54) is 23.8 Å². The Hall–Kier alpha value is -3.79. The fraction of sp³-hybridized carbons (Fsp3) is 0.296. The van der Waals surface area contributed by atoms with Gasteiger partial charge < -0.3 is 24.7 Å². The normalized spacial score (nSPS) is 23.3. The molecule has 9 nitrogen and oxygen atoms in total. The molecule has 0 saturated carbocycles. The fourth-order valence-electron chi connectivity index (χ4n) is 4.17. The Morgan fingerprint density at radius 2 is 1.75 bits per heavy atom. The van der Waals surface area contributed by atoms with Gasteiger partial charge in [0.25, 0.3) is 0 Å². The van der Waals surface area contributed by atoms with Gasteiger partial charge in [0.1, 0.15) is 17.5 Å². The highest BCUT2D eigenvalue weighted by molar-refractivity contribution is 5.66. The van der Waals surface area contributed by atoms with Crippen molar-refractivity contribution in [1.29, 1.82) is 0 Å². The third-order valence-corrected chi connectivity index (χ3v) is 5.89. The molecule has 188 valence electrons. The van der Waals surface area contributed by atoms with Crippen LogP contribution in [0.1, 0.15) is 24.3 Å². The smallest absolute Gasteiger partial charge is 0.351 e. The van der Waals surface area contributed by atoms with E-state index < -0.39 is 35.7 Å². The third kappa shape index (κ3) is 5.71. The van der Waals surface area contributed by atoms with Crippen LogP contribution < -0.4 is 11.4 Å². The zero-order chi connectivity index (χ0) is 25.5. The minimum atomic E-state index is -1.24. The van der Waals surface area contributed by atoms with E-state index in [0.717, 1.165) is 11.1 Å². The summed E-state index contributed by atoms with van der Waals surface area (Å²) >= 11 is 0. The van der Waals surface area contributed by atoms with Crippen molar-refractivity contribution in [1.82, 2.24) is 9.55 Å². The third-order valence-electron chi connectivity index (χ3n) is 5.89. The van der Waals surface area contributed by atoms with Crippen LogP contribution in [-0.4, -0.2) is 39.9 Å². The van der Waals surface area contributed by atoms with Crippen molar-refractivity contribution in [2.75, 3.05) is 12.3 Å². The molecule has 1 aromatic heterocycles. The lowest BCUT2D eigenvalue weighted by Crippen LogP contribution is -2.48. The number of aromatic nitrogens is 2. The zero-order valence-corrected chi connectivity index (χ0v) is 20.0. The van der Waals surface area contributed by atoms with Crippen LogP contribution in [-0.2, 0) is 37.0 Å². The molecule has 4 rings (SSSR count). The summed E-state index contributed by atoms with van der Waals surface area (Å²) in [7, 11) is 0. The maximum Gasteiger partial charge on any atom is 0.351 e. The lowest BCUT2D eigenvalue weighted by atomic mass is 9.95. The van der Waals surface area contributed by atoms with E-state index in [-0.39, 0.29) is 19.0 Å². The molecule has 0 spiro atoms. The van der Waals surface area contributed by atoms with Crippen LogP contribution in [0.15, 0.2) is 90.4 Å². The predicted octanol–water partition coefficient (Wildman–Crippen LogP) is 3.01. The molecule has 0 amide bonds. The van der Waals surface area contributed by atoms with Crippen LogP contribution in [0.5, 0.6) is 0 Å². The SMILES string of the molecule is C=C[C@]1(COCc2ccccc2)O[C@@H](n2ccc(N)nc2=O)[C@H](OC(C)=O)[C@@H]1OCc1ccccc1. The number of anilines is 1. The highest BCUT2D eigenvalue weighted by Crippen LogP contribution is 2.42. The second kappa shape index (κ2) is 11.3. The van der Waals surface area contributed by atoms with Gasteiger partial charge >= 0.3 is 11.7 Å². The van der Waals surface area contributed by atoms with Crippen LogP contribution >= 0.6 is 0 Å². The summed E-state index contributed by atoms with van der Waals surface area (Å²) in [6, 6.07) is 20.7. The van der Waals surface area contributed by atoms with Gasteiger partial charge in [0.05, 0.1) is 19.8 Å². The zero-order valence-electron chi connectivity index (χ0n) is 20.0. The Morgan fingerprint density at radius 3 is 2.33 bits per heavy atom. The fourth-order valence-corrected chi connectivity index (χ4v) is 4.17. The van der Waals surface area contributed by atoms with Crippen LogP contribution in [0.25, 0.3) is 0 Å². The average molecular weight is 492 g/mol. The summed E-state index contributed by atoms with van der Waals surface area (Å²) in [6.07, 6.45) is 0.134. The average Bonchev–Trinajstić information content (AvgIpc) is 3.16. The molecule has 0 bridgehead atoms. The predicted molar refractivity (Wildman–Crippen MR) is 133 cm³/mol. The van der Waals surface area contributed by atoms with Gasteiger partial charge in [-0.2, -0.15) is 4.98 Å². The molecule has 36 heavy (non-hydrogen) atoms. The van der Waals surface area contributed by atoms with Gasteiger partial charge in [-0.25, -0.2) is 4.79 Å². The van der Waals surface area contributed by atoms with Gasteiger partial charge in [0.2, 0.25) is 0 Å². The van der Waals surface area contributed by atoms with Crippen molar-refractivity contribution in [2.45, 2.75) is 44.2 Å². The number of rotatable bonds is 10. The second-order valence-corrected chi connectivity index (χ2v) is 8.48. The van der Waals surface area contributed by atoms with Gasteiger partial charge in [-0.15, -0.1) is 6.58 Å². The van der Waals surface area contributed by atoms with Crippen molar-refractivity contribution in [3.63, 3.8) is 0 Å². The number of benzene rings is 2. The first-order chi connectivity index (χ1) is 17.4. The molecule has 2 heterocycles. The molecule has 2 N–H and O–H groups in total. The first kappa shape index (κ1) is 25.3. The van der Waals surface area contributed by atoms with E-state index in [1.54, 1.807) is 6.08 Å². The summed E-state index contributed by atoms with van der Waals surface area (Å²) in [4.78, 5) is 28.6. The number of nitrogens with zero attached hydrogens (tertiary/aromatic N) is 2. The van der Waals surface area contributed by atoms with Crippen molar-refractivity contribution >= 4 is 11.8 Å². The summed E-state index contributed by atoms with van der Waals surface area (Å²) in [6.45, 7) is 5.83. The van der Waals surface area contributed by atoms with Gasteiger partial charge in [-0.1, -0.05) is 66.7 Å². The van der Waals surface area contributed by atoms with Gasteiger partial charge in [-0.05, 0) is 17.2 Å². The number of ether oxygens (including phenoxy) is 4. The molecular formula is C27H29N3O6. The minimum Gasteiger partial charge on any atom is -0.455 e. The number of hydrogen-bond acceptors (Lipinski definition) is 8. The maximum atomic E-state index is 12.7. The van der Waals surface area contributed by atoms with E-state index >= 15 is 0 Å². The van der Waals surface area contributed by atoms with Crippen molar-refractivity contribution < 1.29 is 23.7 Å². The highest BCUT2D eigenvalue weighted by Gasteiger charge is 2.57. The second-order valence-electron chi connectivity index (χ2n) is 8.48. The first-order valence-electron chi connectivity index (χ1n) is 11.5. The van der Waals surface area contributed by atoms with Gasteiger partial charge in [0.15, 0.2) is 12.3 Å². The van der Waals surface area contributed by atoms with Crippen LogP contribution in [0, 0.1) is 0 Å². The van der Waals surface area contributed by atoms with Crippen molar-refractivity contribution in [3.8, 4) is 0 Å². The topological polar surface area (TPSA) is 115 Å². The molecule has 0 unspecified atom stereocenters. The van der Waals surface area contributed by atoms with Crippen molar-refractivity contribution in [2.24, 2.45) is 0 Å². The largest absolute Gasteiger partial charge is 0.455 e. The standard InChI is InChI=1S/C27H29N3O6/c1-3-27(18-33-16-20-10-6-4-7-11-20)24(34-17-21-12-8-5-9-13-21)23(35-19(2)31)25(36-27)30-15-14-22(28)29-26(30)32/h3-15,23-25H,1,16-18H2,2H3,(H2,28,29,32)/t23-,24+,25-,27-/m1/s1.